The SMILES string of the molecule is O=C(CNCC(F)(F)F)c1ccc(Cl)cc1. The van der Waals surface area contributed by atoms with Crippen LogP contribution in [0.3, 0.4) is 0 Å². The number of nitrogens with one attached hydrogen (secondary N) is 1. The Labute approximate surface area is 95.4 Å². The van der Waals surface area contributed by atoms with Crippen LogP contribution in [-0.4, -0.2) is 25.0 Å². The highest BCUT2D eigenvalue weighted by molar-refractivity contribution is 6.30. The smallest absolute Gasteiger partial charge is 0.302 e. The van der Waals surface area contributed by atoms with Crippen LogP contribution in [-0.2, 0) is 0 Å². The summed E-state index contributed by atoms with van der Waals surface area (Å²) in [5.41, 5.74) is 0.332. The second-order valence-electron chi connectivity index (χ2n) is 3.15. The number of hydrogen-bond donors (Lipinski definition) is 1. The van der Waals surface area contributed by atoms with Crippen molar-refractivity contribution < 1.29 is 18.0 Å². The fourth-order valence-electron chi connectivity index (χ4n) is 1.06. The molecule has 0 aliphatic carbocycles. The van der Waals surface area contributed by atoms with Crippen molar-refractivity contribution >= 4 is 17.4 Å². The molecule has 2 nitrogen and oxygen atoms in total. The Bertz CT molecular complexity index is 361. The van der Waals surface area contributed by atoms with E-state index >= 15 is 0 Å². The van der Waals surface area contributed by atoms with Crippen LogP contribution in [0.4, 0.5) is 13.2 Å². The number of halogens is 4. The summed E-state index contributed by atoms with van der Waals surface area (Å²) >= 11 is 5.60. The number of carbonyl (C=O) groups is 1. The van der Waals surface area contributed by atoms with Crippen LogP contribution in [0.1, 0.15) is 10.4 Å². The molecule has 0 spiro atoms. The Kier molecular flexibility index (Phi) is 4.32. The first kappa shape index (κ1) is 13.0. The van der Waals surface area contributed by atoms with Crippen molar-refractivity contribution in [2.45, 2.75) is 6.18 Å². The molecule has 0 saturated heterocycles. The van der Waals surface area contributed by atoms with Crippen LogP contribution in [0.2, 0.25) is 5.02 Å². The predicted octanol–water partition coefficient (Wildman–Crippen LogP) is 2.67. The van der Waals surface area contributed by atoms with Gasteiger partial charge in [0.2, 0.25) is 0 Å². The first-order chi connectivity index (χ1) is 7.38. The third kappa shape index (κ3) is 4.63. The summed E-state index contributed by atoms with van der Waals surface area (Å²) < 4.78 is 35.3. The maximum Gasteiger partial charge on any atom is 0.401 e. The van der Waals surface area contributed by atoms with Gasteiger partial charge >= 0.3 is 6.18 Å². The fourth-order valence-corrected chi connectivity index (χ4v) is 1.18. The van der Waals surface area contributed by atoms with Crippen molar-refractivity contribution in [3.63, 3.8) is 0 Å². The number of Topliss-reactive ketones (excluding diaryl/α,β-unsaturated/α-hetero) is 1. The lowest BCUT2D eigenvalue weighted by atomic mass is 10.1. The van der Waals surface area contributed by atoms with Crippen molar-refractivity contribution in [2.75, 3.05) is 13.1 Å². The van der Waals surface area contributed by atoms with Crippen LogP contribution >= 0.6 is 11.6 Å². The molecule has 6 heteroatoms. The van der Waals surface area contributed by atoms with Crippen LogP contribution in [0.5, 0.6) is 0 Å². The maximum absolute atomic E-state index is 11.8. The molecule has 1 N–H and O–H groups in total. The molecule has 1 aromatic rings. The number of carbonyl (C=O) groups excluding carboxylic acids is 1. The minimum atomic E-state index is -4.31. The molecule has 88 valence electrons. The summed E-state index contributed by atoms with van der Waals surface area (Å²) in [6.07, 6.45) is -4.31. The first-order valence-corrected chi connectivity index (χ1v) is 4.82. The molecular formula is C10H9ClF3NO. The summed E-state index contributed by atoms with van der Waals surface area (Å²) in [4.78, 5) is 11.4. The third-order valence-electron chi connectivity index (χ3n) is 1.78. The van der Waals surface area contributed by atoms with Crippen LogP contribution < -0.4 is 5.32 Å². The zero-order valence-electron chi connectivity index (χ0n) is 8.14. The van der Waals surface area contributed by atoms with Gasteiger partial charge in [-0.15, -0.1) is 0 Å². The zero-order chi connectivity index (χ0) is 12.2. The lowest BCUT2D eigenvalue weighted by molar-refractivity contribution is -0.124. The maximum atomic E-state index is 11.8. The van der Waals surface area contributed by atoms with Crippen LogP contribution in [0.15, 0.2) is 24.3 Å². The minimum Gasteiger partial charge on any atom is -0.302 e. The van der Waals surface area contributed by atoms with Gasteiger partial charge in [0.15, 0.2) is 5.78 Å². The summed E-state index contributed by atoms with van der Waals surface area (Å²) in [6.45, 7) is -1.52. The second kappa shape index (κ2) is 5.32. The van der Waals surface area contributed by atoms with Gasteiger partial charge in [0.05, 0.1) is 13.1 Å². The third-order valence-corrected chi connectivity index (χ3v) is 2.03. The topological polar surface area (TPSA) is 29.1 Å². The standard InChI is InChI=1S/C10H9ClF3NO/c11-8-3-1-7(2-4-8)9(16)5-15-6-10(12,13)14/h1-4,15H,5-6H2. The van der Waals surface area contributed by atoms with Crippen molar-refractivity contribution in [1.29, 1.82) is 0 Å². The Morgan fingerprint density at radius 1 is 1.25 bits per heavy atom. The van der Waals surface area contributed by atoms with Crippen molar-refractivity contribution in [2.24, 2.45) is 0 Å². The van der Waals surface area contributed by atoms with Gasteiger partial charge in [-0.2, -0.15) is 13.2 Å². The Balaban J connectivity index is 2.44. The molecule has 0 bridgehead atoms. The Morgan fingerprint density at radius 3 is 2.31 bits per heavy atom. The second-order valence-corrected chi connectivity index (χ2v) is 3.59. The lowest BCUT2D eigenvalue weighted by Gasteiger charge is -2.07. The van der Waals surface area contributed by atoms with Gasteiger partial charge in [0, 0.05) is 10.6 Å². The molecule has 0 radical (unpaired) electrons. The van der Waals surface area contributed by atoms with Gasteiger partial charge in [-0.25, -0.2) is 0 Å². The van der Waals surface area contributed by atoms with E-state index in [0.717, 1.165) is 0 Å². The minimum absolute atomic E-state index is 0.332. The average Bonchev–Trinajstić information content (AvgIpc) is 2.16. The molecule has 0 saturated carbocycles. The van der Waals surface area contributed by atoms with Crippen molar-refractivity contribution in [3.05, 3.63) is 34.9 Å². The van der Waals surface area contributed by atoms with E-state index in [-0.39, 0.29) is 6.54 Å². The highest BCUT2D eigenvalue weighted by atomic mass is 35.5. The number of alkyl halides is 3. The molecule has 1 aromatic carbocycles. The fraction of sp³-hybridized carbons (Fsp3) is 0.300. The monoisotopic (exact) mass is 251 g/mol. The summed E-state index contributed by atoms with van der Waals surface area (Å²) in [6, 6.07) is 5.97. The van der Waals surface area contributed by atoms with E-state index in [1.807, 2.05) is 5.32 Å². The largest absolute Gasteiger partial charge is 0.401 e. The molecule has 0 atom stereocenters. The van der Waals surface area contributed by atoms with Gasteiger partial charge < -0.3 is 5.32 Å². The molecule has 0 fully saturated rings. The molecule has 16 heavy (non-hydrogen) atoms. The molecule has 1 rings (SSSR count). The summed E-state index contributed by atoms with van der Waals surface area (Å²) in [5.74, 6) is -0.402. The number of ketones is 1. The first-order valence-electron chi connectivity index (χ1n) is 4.45. The van der Waals surface area contributed by atoms with Gasteiger partial charge in [-0.1, -0.05) is 11.6 Å². The van der Waals surface area contributed by atoms with E-state index in [0.29, 0.717) is 10.6 Å². The quantitative estimate of drug-likeness (QED) is 0.834. The lowest BCUT2D eigenvalue weighted by Crippen LogP contribution is -2.32. The molecule has 0 amide bonds. The molecule has 0 unspecified atom stereocenters. The normalized spacial score (nSPS) is 11.5. The average molecular weight is 252 g/mol. The van der Waals surface area contributed by atoms with E-state index in [2.05, 4.69) is 0 Å². The molecule has 0 heterocycles. The van der Waals surface area contributed by atoms with Gasteiger partial charge in [0.1, 0.15) is 0 Å². The van der Waals surface area contributed by atoms with Crippen LogP contribution in [0, 0.1) is 0 Å². The highest BCUT2D eigenvalue weighted by Gasteiger charge is 2.26. The Morgan fingerprint density at radius 2 is 1.81 bits per heavy atom. The van der Waals surface area contributed by atoms with Crippen molar-refractivity contribution in [1.82, 2.24) is 5.32 Å². The van der Waals surface area contributed by atoms with Gasteiger partial charge in [-0.05, 0) is 24.3 Å². The van der Waals surface area contributed by atoms with E-state index in [1.54, 1.807) is 0 Å². The molecule has 0 aliphatic rings. The highest BCUT2D eigenvalue weighted by Crippen LogP contribution is 2.12. The molecule has 0 aliphatic heterocycles. The number of benzene rings is 1. The summed E-state index contributed by atoms with van der Waals surface area (Å²) in [5, 5.41) is 2.50. The zero-order valence-corrected chi connectivity index (χ0v) is 8.90. The molecular weight excluding hydrogens is 243 g/mol. The van der Waals surface area contributed by atoms with Gasteiger partial charge in [0.25, 0.3) is 0 Å². The van der Waals surface area contributed by atoms with Crippen molar-refractivity contribution in [3.8, 4) is 0 Å². The molecule has 0 aromatic heterocycles. The number of hydrogen-bond acceptors (Lipinski definition) is 2. The van der Waals surface area contributed by atoms with E-state index < -0.39 is 18.5 Å². The Hall–Kier alpha value is -1.07. The van der Waals surface area contributed by atoms with E-state index in [4.69, 9.17) is 11.6 Å². The summed E-state index contributed by atoms with van der Waals surface area (Å²) in [7, 11) is 0. The van der Waals surface area contributed by atoms with E-state index in [9.17, 15) is 18.0 Å². The van der Waals surface area contributed by atoms with Gasteiger partial charge in [-0.3, -0.25) is 4.79 Å². The number of rotatable bonds is 4. The van der Waals surface area contributed by atoms with E-state index in [1.165, 1.54) is 24.3 Å². The van der Waals surface area contributed by atoms with Crippen LogP contribution in [0.25, 0.3) is 0 Å². The predicted molar refractivity (Wildman–Crippen MR) is 54.7 cm³/mol.